The zero-order valence-electron chi connectivity index (χ0n) is 16.0. The summed E-state index contributed by atoms with van der Waals surface area (Å²) in [6.07, 6.45) is 0.239. The molecule has 1 fully saturated rings. The summed E-state index contributed by atoms with van der Waals surface area (Å²) >= 11 is 0. The van der Waals surface area contributed by atoms with Crippen LogP contribution >= 0.6 is 0 Å². The number of carbonyl (C=O) groups excluding carboxylic acids is 1. The number of carbonyl (C=O) groups is 2. The number of nitrogens with zero attached hydrogens (tertiary/aromatic N) is 2. The van der Waals surface area contributed by atoms with Crippen molar-refractivity contribution in [2.75, 3.05) is 32.8 Å². The van der Waals surface area contributed by atoms with E-state index in [4.69, 9.17) is 9.47 Å². The lowest BCUT2D eigenvalue weighted by Crippen LogP contribution is -2.52. The lowest BCUT2D eigenvalue weighted by Gasteiger charge is -2.34. The van der Waals surface area contributed by atoms with Gasteiger partial charge in [-0.3, -0.25) is 4.79 Å². The Morgan fingerprint density at radius 1 is 1.33 bits per heavy atom. The molecular weight excluding hydrogens is 348 g/mol. The summed E-state index contributed by atoms with van der Waals surface area (Å²) in [4.78, 5) is 27.3. The Labute approximate surface area is 159 Å². The molecule has 148 valence electrons. The largest absolute Gasteiger partial charge is 0.493 e. The lowest BCUT2D eigenvalue weighted by atomic mass is 10.0. The first-order valence-electron chi connectivity index (χ1n) is 9.57. The van der Waals surface area contributed by atoms with Gasteiger partial charge in [-0.1, -0.05) is 26.0 Å². The number of ether oxygens (including phenoxy) is 2. The molecule has 1 unspecified atom stereocenters. The summed E-state index contributed by atoms with van der Waals surface area (Å²) in [7, 11) is 0. The van der Waals surface area contributed by atoms with Crippen LogP contribution in [-0.2, 0) is 22.5 Å². The van der Waals surface area contributed by atoms with Crippen LogP contribution in [0.5, 0.6) is 5.75 Å². The van der Waals surface area contributed by atoms with Gasteiger partial charge in [0.2, 0.25) is 0 Å². The van der Waals surface area contributed by atoms with Crippen molar-refractivity contribution >= 4 is 12.0 Å². The van der Waals surface area contributed by atoms with Gasteiger partial charge in [0, 0.05) is 19.6 Å². The van der Waals surface area contributed by atoms with Crippen LogP contribution in [-0.4, -0.2) is 65.9 Å². The fourth-order valence-corrected chi connectivity index (χ4v) is 3.58. The van der Waals surface area contributed by atoms with Crippen LogP contribution in [0.25, 0.3) is 0 Å². The second-order valence-electron chi connectivity index (χ2n) is 7.59. The quantitative estimate of drug-likeness (QED) is 0.854. The smallest absolute Gasteiger partial charge is 0.407 e. The van der Waals surface area contributed by atoms with Gasteiger partial charge in [-0.25, -0.2) is 4.79 Å². The first-order chi connectivity index (χ1) is 12.9. The van der Waals surface area contributed by atoms with E-state index in [9.17, 15) is 14.7 Å². The van der Waals surface area contributed by atoms with E-state index >= 15 is 0 Å². The third-order valence-electron chi connectivity index (χ3n) is 4.86. The van der Waals surface area contributed by atoms with Crippen LogP contribution in [0.15, 0.2) is 18.2 Å². The molecule has 3 rings (SSSR count). The number of morpholine rings is 1. The van der Waals surface area contributed by atoms with Gasteiger partial charge in [0.15, 0.2) is 6.10 Å². The van der Waals surface area contributed by atoms with Crippen LogP contribution in [0.1, 0.15) is 31.4 Å². The number of hydrogen-bond donors (Lipinski definition) is 1. The molecule has 0 aliphatic carbocycles. The molecule has 1 aromatic carbocycles. The molecule has 2 aliphatic heterocycles. The van der Waals surface area contributed by atoms with Gasteiger partial charge in [0.1, 0.15) is 5.75 Å². The van der Waals surface area contributed by atoms with Crippen LogP contribution < -0.4 is 4.74 Å². The molecule has 0 saturated carbocycles. The van der Waals surface area contributed by atoms with Crippen molar-refractivity contribution in [3.05, 3.63) is 29.3 Å². The summed E-state index contributed by atoms with van der Waals surface area (Å²) in [6.45, 7) is 6.59. The first-order valence-corrected chi connectivity index (χ1v) is 9.57. The fraction of sp³-hybridized carbons (Fsp3) is 0.600. The zero-order valence-corrected chi connectivity index (χ0v) is 16.0. The molecule has 7 nitrogen and oxygen atoms in total. The molecule has 2 aliphatic rings. The minimum absolute atomic E-state index is 0.0841. The topological polar surface area (TPSA) is 79.3 Å². The van der Waals surface area contributed by atoms with E-state index < -0.39 is 12.2 Å². The highest BCUT2D eigenvalue weighted by atomic mass is 16.5. The molecule has 0 spiro atoms. The van der Waals surface area contributed by atoms with Gasteiger partial charge >= 0.3 is 6.09 Å². The van der Waals surface area contributed by atoms with E-state index in [-0.39, 0.29) is 19.1 Å². The summed E-state index contributed by atoms with van der Waals surface area (Å²) in [5.74, 6) is 1.08. The monoisotopic (exact) mass is 376 g/mol. The molecule has 0 bridgehead atoms. The van der Waals surface area contributed by atoms with E-state index in [0.717, 1.165) is 30.8 Å². The molecule has 0 aromatic heterocycles. The zero-order chi connectivity index (χ0) is 19.4. The summed E-state index contributed by atoms with van der Waals surface area (Å²) < 4.78 is 11.3. The average molecular weight is 376 g/mol. The Kier molecular flexibility index (Phi) is 6.21. The maximum atomic E-state index is 13.1. The van der Waals surface area contributed by atoms with Gasteiger partial charge in [0.25, 0.3) is 5.91 Å². The number of aryl methyl sites for hydroxylation is 1. The standard InChI is InChI=1S/C20H28N2O5/c1-14(2)11-22(19(23)18-13-21(20(24)25)7-9-27-18)12-15-5-6-17-16(10-15)4-3-8-26-17/h5-6,10,14,18H,3-4,7-9,11-13H2,1-2H3,(H,24,25). The number of carboxylic acid groups (broad SMARTS) is 1. The highest BCUT2D eigenvalue weighted by Crippen LogP contribution is 2.26. The van der Waals surface area contributed by atoms with Gasteiger partial charge in [-0.15, -0.1) is 0 Å². The van der Waals surface area contributed by atoms with Gasteiger partial charge in [-0.2, -0.15) is 0 Å². The molecule has 1 saturated heterocycles. The molecule has 7 heteroatoms. The Balaban J connectivity index is 1.73. The van der Waals surface area contributed by atoms with Crippen molar-refractivity contribution in [2.45, 2.75) is 39.3 Å². The van der Waals surface area contributed by atoms with E-state index in [1.54, 1.807) is 4.90 Å². The first kappa shape index (κ1) is 19.5. The normalized spacial score (nSPS) is 19.4. The lowest BCUT2D eigenvalue weighted by molar-refractivity contribution is -0.149. The molecular formula is C20H28N2O5. The van der Waals surface area contributed by atoms with Crippen molar-refractivity contribution in [2.24, 2.45) is 5.92 Å². The number of benzene rings is 1. The Hall–Kier alpha value is -2.28. The fourth-order valence-electron chi connectivity index (χ4n) is 3.58. The molecule has 2 amide bonds. The molecule has 1 N–H and O–H groups in total. The third-order valence-corrected chi connectivity index (χ3v) is 4.86. The number of fused-ring (bicyclic) bond motifs is 1. The van der Waals surface area contributed by atoms with Crippen LogP contribution in [0.2, 0.25) is 0 Å². The van der Waals surface area contributed by atoms with Crippen molar-refractivity contribution in [3.8, 4) is 5.75 Å². The van der Waals surface area contributed by atoms with Gasteiger partial charge in [-0.05, 0) is 36.0 Å². The van der Waals surface area contributed by atoms with Crippen molar-refractivity contribution in [1.29, 1.82) is 0 Å². The SMILES string of the molecule is CC(C)CN(Cc1ccc2c(c1)CCCO2)C(=O)C1CN(C(=O)O)CCO1. The Morgan fingerprint density at radius 2 is 2.15 bits per heavy atom. The van der Waals surface area contributed by atoms with E-state index in [1.165, 1.54) is 10.5 Å². The minimum atomic E-state index is -1.01. The third kappa shape index (κ3) is 4.91. The van der Waals surface area contributed by atoms with Crippen LogP contribution in [0, 0.1) is 5.92 Å². The summed E-state index contributed by atoms with van der Waals surface area (Å²) in [6, 6.07) is 6.08. The second kappa shape index (κ2) is 8.61. The van der Waals surface area contributed by atoms with E-state index in [0.29, 0.717) is 25.6 Å². The molecule has 1 aromatic rings. The van der Waals surface area contributed by atoms with E-state index in [1.807, 2.05) is 12.1 Å². The van der Waals surface area contributed by atoms with Crippen molar-refractivity contribution < 1.29 is 24.2 Å². The second-order valence-corrected chi connectivity index (χ2v) is 7.59. The molecule has 1 atom stereocenters. The van der Waals surface area contributed by atoms with Crippen molar-refractivity contribution in [1.82, 2.24) is 9.80 Å². The number of hydrogen-bond acceptors (Lipinski definition) is 4. The molecule has 27 heavy (non-hydrogen) atoms. The minimum Gasteiger partial charge on any atom is -0.493 e. The molecule has 2 heterocycles. The Bertz CT molecular complexity index is 691. The number of amides is 2. The highest BCUT2D eigenvalue weighted by Gasteiger charge is 2.32. The van der Waals surface area contributed by atoms with E-state index in [2.05, 4.69) is 19.9 Å². The van der Waals surface area contributed by atoms with Gasteiger partial charge < -0.3 is 24.4 Å². The average Bonchev–Trinajstić information content (AvgIpc) is 2.66. The van der Waals surface area contributed by atoms with Crippen LogP contribution in [0.3, 0.4) is 0 Å². The van der Waals surface area contributed by atoms with Crippen LogP contribution in [0.4, 0.5) is 4.79 Å². The number of rotatable bonds is 5. The van der Waals surface area contributed by atoms with Gasteiger partial charge in [0.05, 0.1) is 19.8 Å². The summed E-state index contributed by atoms with van der Waals surface area (Å²) in [5.41, 5.74) is 2.24. The predicted octanol–water partition coefficient (Wildman–Crippen LogP) is 2.38. The molecule has 0 radical (unpaired) electrons. The highest BCUT2D eigenvalue weighted by molar-refractivity contribution is 5.82. The summed E-state index contributed by atoms with van der Waals surface area (Å²) in [5, 5.41) is 9.20. The maximum absolute atomic E-state index is 13.1. The van der Waals surface area contributed by atoms with Crippen molar-refractivity contribution in [3.63, 3.8) is 0 Å². The Morgan fingerprint density at radius 3 is 2.89 bits per heavy atom. The predicted molar refractivity (Wildman–Crippen MR) is 99.9 cm³/mol. The maximum Gasteiger partial charge on any atom is 0.407 e.